The summed E-state index contributed by atoms with van der Waals surface area (Å²) in [5.41, 5.74) is 0. The normalized spacial score (nSPS) is 15.5. The second-order valence-electron chi connectivity index (χ2n) is 4.76. The number of halogens is 6. The molecule has 0 aromatic carbocycles. The molecular formula is C10H19F6N2P. The van der Waals surface area contributed by atoms with Crippen LogP contribution in [-0.4, -0.2) is 4.98 Å². The van der Waals surface area contributed by atoms with Crippen LogP contribution in [0.4, 0.5) is 25.2 Å². The molecule has 0 aliphatic rings. The molecule has 1 heterocycles. The molecule has 1 aromatic heterocycles. The zero-order valence-electron chi connectivity index (χ0n) is 11.0. The summed E-state index contributed by atoms with van der Waals surface area (Å²) < 4.78 is 61.3. The van der Waals surface area contributed by atoms with Gasteiger partial charge in [0.05, 0.1) is 7.05 Å². The zero-order chi connectivity index (χ0) is 15.4. The minimum absolute atomic E-state index is 0.824. The maximum absolute atomic E-state index is 10.7. The Morgan fingerprint density at radius 1 is 1.16 bits per heavy atom. The van der Waals surface area contributed by atoms with E-state index >= 15 is 0 Å². The standard InChI is InChI=1S/C10H18N2.F6P/c1-9(2)5-4-6-10-11-7-8-12(10)3;1-7(2,3,4,5)6/h7-9H,4-6H2,1-3H3;/q;-1/p+1. The van der Waals surface area contributed by atoms with Gasteiger partial charge in [0.2, 0.25) is 0 Å². The minimum atomic E-state index is -10.7. The summed E-state index contributed by atoms with van der Waals surface area (Å²) in [6.45, 7) is 4.55. The van der Waals surface area contributed by atoms with E-state index in [1.165, 1.54) is 25.1 Å². The summed E-state index contributed by atoms with van der Waals surface area (Å²) in [5, 5.41) is 0. The molecule has 0 aliphatic heterocycles. The number of aromatic amines is 1. The van der Waals surface area contributed by atoms with Gasteiger partial charge in [0, 0.05) is 6.42 Å². The van der Waals surface area contributed by atoms with Crippen molar-refractivity contribution in [3.05, 3.63) is 18.2 Å². The number of hydrogen-bond donors (Lipinski definition) is 1. The summed E-state index contributed by atoms with van der Waals surface area (Å²) in [6.07, 6.45) is 7.82. The molecule has 0 fully saturated rings. The summed E-state index contributed by atoms with van der Waals surface area (Å²) in [6, 6.07) is 0. The number of hydrogen-bond acceptors (Lipinski definition) is 0. The summed E-state index contributed by atoms with van der Waals surface area (Å²) in [7, 11) is -8.57. The number of H-pyrrole nitrogens is 1. The molecule has 0 aliphatic carbocycles. The maximum atomic E-state index is 9.87. The molecule has 0 unspecified atom stereocenters. The third-order valence-corrected chi connectivity index (χ3v) is 2.17. The number of aromatic nitrogens is 2. The number of aryl methyl sites for hydroxylation is 2. The fourth-order valence-electron chi connectivity index (χ4n) is 1.36. The van der Waals surface area contributed by atoms with Gasteiger partial charge in [-0.1, -0.05) is 20.3 Å². The molecule has 19 heavy (non-hydrogen) atoms. The Morgan fingerprint density at radius 2 is 1.63 bits per heavy atom. The van der Waals surface area contributed by atoms with Crippen LogP contribution in [0.3, 0.4) is 0 Å². The number of nitrogens with one attached hydrogen (secondary N) is 1. The van der Waals surface area contributed by atoms with Gasteiger partial charge in [0.1, 0.15) is 12.4 Å². The molecule has 0 radical (unpaired) electrons. The van der Waals surface area contributed by atoms with Crippen LogP contribution in [-0.2, 0) is 13.5 Å². The third-order valence-electron chi connectivity index (χ3n) is 2.17. The van der Waals surface area contributed by atoms with E-state index in [0.717, 1.165) is 5.92 Å². The molecule has 1 aromatic rings. The van der Waals surface area contributed by atoms with Crippen molar-refractivity contribution in [1.29, 1.82) is 0 Å². The van der Waals surface area contributed by atoms with Crippen LogP contribution >= 0.6 is 7.81 Å². The van der Waals surface area contributed by atoms with Crippen molar-refractivity contribution in [3.8, 4) is 0 Å². The van der Waals surface area contributed by atoms with E-state index in [0.29, 0.717) is 0 Å². The van der Waals surface area contributed by atoms with E-state index < -0.39 is 7.81 Å². The molecule has 9 heteroatoms. The van der Waals surface area contributed by atoms with Gasteiger partial charge < -0.3 is 0 Å². The van der Waals surface area contributed by atoms with E-state index in [4.69, 9.17) is 0 Å². The molecule has 0 amide bonds. The number of imidazole rings is 1. The van der Waals surface area contributed by atoms with Crippen molar-refractivity contribution in [2.45, 2.75) is 33.1 Å². The Balaban J connectivity index is 0.000000399. The second-order valence-corrected chi connectivity index (χ2v) is 6.68. The molecule has 1 rings (SSSR count). The molecule has 1 N–H and O–H groups in total. The van der Waals surface area contributed by atoms with Gasteiger partial charge in [-0.2, -0.15) is 0 Å². The van der Waals surface area contributed by atoms with Gasteiger partial charge in [-0.25, -0.2) is 9.55 Å². The van der Waals surface area contributed by atoms with Crippen molar-refractivity contribution in [1.82, 2.24) is 4.98 Å². The van der Waals surface area contributed by atoms with Crippen LogP contribution in [0, 0.1) is 5.92 Å². The van der Waals surface area contributed by atoms with E-state index in [-0.39, 0.29) is 0 Å². The number of rotatable bonds is 4. The molecule has 2 nitrogen and oxygen atoms in total. The monoisotopic (exact) mass is 312 g/mol. The van der Waals surface area contributed by atoms with E-state index in [1.807, 2.05) is 6.20 Å². The fraction of sp³-hybridized carbons (Fsp3) is 0.700. The summed E-state index contributed by atoms with van der Waals surface area (Å²) >= 11 is 0. The Labute approximate surface area is 108 Å². The predicted molar refractivity (Wildman–Crippen MR) is 63.3 cm³/mol. The predicted octanol–water partition coefficient (Wildman–Crippen LogP) is 5.20. The SMILES string of the molecule is CC(C)CCCc1[nH]cc[n+]1C.F[P-](F)(F)(F)(F)F. The van der Waals surface area contributed by atoms with Crippen LogP contribution < -0.4 is 4.57 Å². The van der Waals surface area contributed by atoms with Crippen molar-refractivity contribution in [3.63, 3.8) is 0 Å². The Bertz CT molecular complexity index is 383. The quantitative estimate of drug-likeness (QED) is 0.448. The van der Waals surface area contributed by atoms with Crippen molar-refractivity contribution >= 4 is 7.81 Å². The van der Waals surface area contributed by atoms with E-state index in [9.17, 15) is 25.2 Å². The van der Waals surface area contributed by atoms with Gasteiger partial charge in [0.15, 0.2) is 0 Å². The first-order valence-corrected chi connectivity index (χ1v) is 7.76. The average Bonchev–Trinajstić information content (AvgIpc) is 2.45. The van der Waals surface area contributed by atoms with Gasteiger partial charge in [-0.05, 0) is 12.3 Å². The summed E-state index contributed by atoms with van der Waals surface area (Å²) in [5.74, 6) is 2.15. The summed E-state index contributed by atoms with van der Waals surface area (Å²) in [4.78, 5) is 3.24. The molecular weight excluding hydrogens is 293 g/mol. The van der Waals surface area contributed by atoms with Crippen molar-refractivity contribution in [2.75, 3.05) is 0 Å². The van der Waals surface area contributed by atoms with Gasteiger partial charge in [-0.3, -0.25) is 0 Å². The van der Waals surface area contributed by atoms with Crippen LogP contribution in [0.15, 0.2) is 12.4 Å². The Hall–Kier alpha value is -0.780. The first-order valence-electron chi connectivity index (χ1n) is 5.73. The van der Waals surface area contributed by atoms with Crippen LogP contribution in [0.5, 0.6) is 0 Å². The Morgan fingerprint density at radius 3 is 1.95 bits per heavy atom. The Kier molecular flexibility index (Phi) is 5.09. The first-order chi connectivity index (χ1) is 8.15. The molecule has 0 spiro atoms. The van der Waals surface area contributed by atoms with Crippen LogP contribution in [0.2, 0.25) is 0 Å². The second kappa shape index (κ2) is 5.31. The first kappa shape index (κ1) is 18.2. The zero-order valence-corrected chi connectivity index (χ0v) is 11.9. The van der Waals surface area contributed by atoms with Gasteiger partial charge in [0.25, 0.3) is 5.82 Å². The molecule has 0 saturated heterocycles. The average molecular weight is 312 g/mol. The van der Waals surface area contributed by atoms with Crippen molar-refractivity contribution in [2.24, 2.45) is 13.0 Å². The van der Waals surface area contributed by atoms with Crippen LogP contribution in [0.25, 0.3) is 0 Å². The molecule has 0 saturated carbocycles. The molecule has 0 bridgehead atoms. The molecule has 116 valence electrons. The van der Waals surface area contributed by atoms with Crippen molar-refractivity contribution < 1.29 is 29.7 Å². The molecule has 0 atom stereocenters. The van der Waals surface area contributed by atoms with Gasteiger partial charge >= 0.3 is 33.0 Å². The van der Waals surface area contributed by atoms with Crippen LogP contribution in [0.1, 0.15) is 32.5 Å². The fourth-order valence-corrected chi connectivity index (χ4v) is 1.36. The topological polar surface area (TPSA) is 19.7 Å². The number of nitrogens with zero attached hydrogens (tertiary/aromatic N) is 1. The van der Waals surface area contributed by atoms with E-state index in [1.54, 1.807) is 0 Å². The van der Waals surface area contributed by atoms with E-state index in [2.05, 4.69) is 36.6 Å². The third kappa shape index (κ3) is 17.2. The van der Waals surface area contributed by atoms with Gasteiger partial charge in [-0.15, -0.1) is 0 Å².